The second-order valence-electron chi connectivity index (χ2n) is 6.35. The Hall–Kier alpha value is -4.01. The van der Waals surface area contributed by atoms with Crippen LogP contribution >= 0.6 is 0 Å². The maximum Gasteiger partial charge on any atom is 0.253 e. The molecule has 2 aromatic carbocycles. The Balaban J connectivity index is 1.86. The van der Waals surface area contributed by atoms with E-state index in [1.165, 1.54) is 0 Å². The molecule has 4 rings (SSSR count). The number of anilines is 1. The molecular formula is C21H21N5O4. The van der Waals surface area contributed by atoms with Gasteiger partial charge in [0.25, 0.3) is 5.78 Å². The molecule has 30 heavy (non-hydrogen) atoms. The van der Waals surface area contributed by atoms with E-state index in [1.807, 2.05) is 24.3 Å². The number of methoxy groups -OCH3 is 4. The third-order valence-electron chi connectivity index (χ3n) is 4.69. The summed E-state index contributed by atoms with van der Waals surface area (Å²) in [5.41, 5.74) is 8.97. The number of fused-ring (bicyclic) bond motifs is 1. The van der Waals surface area contributed by atoms with E-state index in [4.69, 9.17) is 24.7 Å². The van der Waals surface area contributed by atoms with Crippen LogP contribution in [0, 0.1) is 0 Å². The number of hydrogen-bond donors (Lipinski definition) is 1. The van der Waals surface area contributed by atoms with Gasteiger partial charge in [-0.1, -0.05) is 0 Å². The first-order valence-electron chi connectivity index (χ1n) is 9.05. The van der Waals surface area contributed by atoms with Crippen molar-refractivity contribution >= 4 is 11.5 Å². The zero-order chi connectivity index (χ0) is 21.3. The number of rotatable bonds is 6. The van der Waals surface area contributed by atoms with Gasteiger partial charge >= 0.3 is 0 Å². The molecule has 0 aliphatic heterocycles. The molecule has 0 spiro atoms. The summed E-state index contributed by atoms with van der Waals surface area (Å²) >= 11 is 0. The second kappa shape index (κ2) is 7.78. The quantitative estimate of drug-likeness (QED) is 0.486. The van der Waals surface area contributed by atoms with Gasteiger partial charge in [0.1, 0.15) is 5.75 Å². The Morgan fingerprint density at radius 3 is 2.10 bits per heavy atom. The van der Waals surface area contributed by atoms with Crippen LogP contribution in [0.5, 0.6) is 23.0 Å². The molecule has 9 nitrogen and oxygen atoms in total. The topological polar surface area (TPSA) is 106 Å². The first kappa shape index (κ1) is 19.3. The standard InChI is InChI=1S/C21H21N5O4/c1-27-16-6-5-12(9-14(16)22)15-7-8-23-21-24-20(25-26(15)21)13-10-17(28-2)19(30-4)18(11-13)29-3/h5-11H,22H2,1-4H3. The number of hydrogen-bond acceptors (Lipinski definition) is 8. The van der Waals surface area contributed by atoms with Gasteiger partial charge in [0.2, 0.25) is 5.75 Å². The van der Waals surface area contributed by atoms with Crippen molar-refractivity contribution in [3.63, 3.8) is 0 Å². The average molecular weight is 407 g/mol. The van der Waals surface area contributed by atoms with Crippen molar-refractivity contribution in [3.8, 4) is 45.6 Å². The monoisotopic (exact) mass is 407 g/mol. The van der Waals surface area contributed by atoms with Gasteiger partial charge < -0.3 is 24.7 Å². The summed E-state index contributed by atoms with van der Waals surface area (Å²) < 4.78 is 23.2. The van der Waals surface area contributed by atoms with Gasteiger partial charge in [-0.15, -0.1) is 5.10 Å². The van der Waals surface area contributed by atoms with Gasteiger partial charge in [-0.05, 0) is 36.4 Å². The molecule has 9 heteroatoms. The molecule has 0 fully saturated rings. The van der Waals surface area contributed by atoms with Gasteiger partial charge in [0.15, 0.2) is 17.3 Å². The van der Waals surface area contributed by atoms with Gasteiger partial charge in [-0.2, -0.15) is 9.50 Å². The van der Waals surface area contributed by atoms with E-state index in [9.17, 15) is 0 Å². The Morgan fingerprint density at radius 2 is 1.50 bits per heavy atom. The van der Waals surface area contributed by atoms with Crippen molar-refractivity contribution in [2.24, 2.45) is 0 Å². The molecule has 0 bridgehead atoms. The molecule has 0 atom stereocenters. The summed E-state index contributed by atoms with van der Waals surface area (Å²) in [4.78, 5) is 8.90. The Bertz CT molecular complexity index is 1200. The third kappa shape index (κ3) is 3.20. The zero-order valence-corrected chi connectivity index (χ0v) is 17.0. The van der Waals surface area contributed by atoms with Gasteiger partial charge in [0.05, 0.1) is 39.8 Å². The van der Waals surface area contributed by atoms with E-state index >= 15 is 0 Å². The highest BCUT2D eigenvalue weighted by molar-refractivity contribution is 5.71. The minimum atomic E-state index is 0.450. The third-order valence-corrected chi connectivity index (χ3v) is 4.69. The van der Waals surface area contributed by atoms with Crippen LogP contribution in [0.2, 0.25) is 0 Å². The van der Waals surface area contributed by atoms with Gasteiger partial charge in [0, 0.05) is 17.3 Å². The van der Waals surface area contributed by atoms with E-state index in [-0.39, 0.29) is 0 Å². The summed E-state index contributed by atoms with van der Waals surface area (Å²) in [5, 5.41) is 4.66. The lowest BCUT2D eigenvalue weighted by molar-refractivity contribution is 0.324. The lowest BCUT2D eigenvalue weighted by Gasteiger charge is -2.12. The minimum Gasteiger partial charge on any atom is -0.495 e. The van der Waals surface area contributed by atoms with Crippen molar-refractivity contribution in [1.82, 2.24) is 19.6 Å². The lowest BCUT2D eigenvalue weighted by atomic mass is 10.1. The molecule has 4 aromatic rings. The first-order chi connectivity index (χ1) is 14.6. The van der Waals surface area contributed by atoms with E-state index in [0.717, 1.165) is 11.3 Å². The molecule has 2 N–H and O–H groups in total. The summed E-state index contributed by atoms with van der Waals surface area (Å²) in [6, 6.07) is 11.0. The summed E-state index contributed by atoms with van der Waals surface area (Å²) in [7, 11) is 6.26. The van der Waals surface area contributed by atoms with E-state index in [2.05, 4.69) is 15.1 Å². The van der Waals surface area contributed by atoms with E-state index < -0.39 is 0 Å². The normalized spacial score (nSPS) is 10.8. The Labute approximate surface area is 173 Å². The van der Waals surface area contributed by atoms with Crippen molar-refractivity contribution in [2.45, 2.75) is 0 Å². The maximum absolute atomic E-state index is 6.08. The fraction of sp³-hybridized carbons (Fsp3) is 0.190. The first-order valence-corrected chi connectivity index (χ1v) is 9.05. The number of nitrogen functional groups attached to an aromatic ring is 1. The average Bonchev–Trinajstić information content (AvgIpc) is 3.22. The van der Waals surface area contributed by atoms with E-state index in [0.29, 0.717) is 45.9 Å². The van der Waals surface area contributed by atoms with Gasteiger partial charge in [-0.25, -0.2) is 4.98 Å². The predicted molar refractivity (Wildman–Crippen MR) is 112 cm³/mol. The van der Waals surface area contributed by atoms with Crippen LogP contribution in [0.4, 0.5) is 5.69 Å². The van der Waals surface area contributed by atoms with Crippen LogP contribution in [0.15, 0.2) is 42.6 Å². The molecule has 0 saturated heterocycles. The highest BCUT2D eigenvalue weighted by Crippen LogP contribution is 2.40. The van der Waals surface area contributed by atoms with Crippen LogP contribution in [0.1, 0.15) is 0 Å². The van der Waals surface area contributed by atoms with Crippen molar-refractivity contribution < 1.29 is 18.9 Å². The Morgan fingerprint density at radius 1 is 0.800 bits per heavy atom. The SMILES string of the molecule is COc1ccc(-c2ccnc3nc(-c4cc(OC)c(OC)c(OC)c4)nn23)cc1N. The molecule has 0 aliphatic rings. The van der Waals surface area contributed by atoms with Crippen molar-refractivity contribution in [2.75, 3.05) is 34.2 Å². The van der Waals surface area contributed by atoms with Gasteiger partial charge in [-0.3, -0.25) is 0 Å². The van der Waals surface area contributed by atoms with Crippen LogP contribution in [0.25, 0.3) is 28.4 Å². The number of nitrogens with zero attached hydrogens (tertiary/aromatic N) is 4. The largest absolute Gasteiger partial charge is 0.495 e. The number of nitrogens with two attached hydrogens (primary N) is 1. The molecule has 2 aromatic heterocycles. The molecular weight excluding hydrogens is 386 g/mol. The fourth-order valence-electron chi connectivity index (χ4n) is 3.24. The van der Waals surface area contributed by atoms with Crippen LogP contribution in [0.3, 0.4) is 0 Å². The molecule has 154 valence electrons. The fourth-order valence-corrected chi connectivity index (χ4v) is 3.24. The molecule has 0 radical (unpaired) electrons. The van der Waals surface area contributed by atoms with Crippen molar-refractivity contribution in [1.29, 1.82) is 0 Å². The maximum atomic E-state index is 6.08. The molecule has 0 unspecified atom stereocenters. The number of benzene rings is 2. The molecule has 0 saturated carbocycles. The lowest BCUT2D eigenvalue weighted by Crippen LogP contribution is -1.98. The minimum absolute atomic E-state index is 0.450. The summed E-state index contributed by atoms with van der Waals surface area (Å²) in [6.45, 7) is 0. The van der Waals surface area contributed by atoms with Crippen molar-refractivity contribution in [3.05, 3.63) is 42.6 Å². The molecule has 0 amide bonds. The highest BCUT2D eigenvalue weighted by atomic mass is 16.5. The van der Waals surface area contributed by atoms with E-state index in [1.54, 1.807) is 51.3 Å². The smallest absolute Gasteiger partial charge is 0.253 e. The molecule has 2 heterocycles. The molecule has 0 aliphatic carbocycles. The zero-order valence-electron chi connectivity index (χ0n) is 17.0. The highest BCUT2D eigenvalue weighted by Gasteiger charge is 2.18. The summed E-state index contributed by atoms with van der Waals surface area (Å²) in [6.07, 6.45) is 1.68. The Kier molecular flexibility index (Phi) is 5.01. The van der Waals surface area contributed by atoms with Crippen LogP contribution in [-0.2, 0) is 0 Å². The van der Waals surface area contributed by atoms with Crippen LogP contribution in [-0.4, -0.2) is 48.0 Å². The number of aromatic nitrogens is 4. The summed E-state index contributed by atoms with van der Waals surface area (Å²) in [5.74, 6) is 3.06. The number of ether oxygens (including phenoxy) is 4. The second-order valence-corrected chi connectivity index (χ2v) is 6.35. The van der Waals surface area contributed by atoms with Crippen LogP contribution < -0.4 is 24.7 Å². The predicted octanol–water partition coefficient (Wildman–Crippen LogP) is 3.07.